The molecule has 1 heterocycles. The van der Waals surface area contributed by atoms with Crippen molar-refractivity contribution in [3.05, 3.63) is 40.1 Å². The summed E-state index contributed by atoms with van der Waals surface area (Å²) in [5, 5.41) is 4.84. The number of nitrogens with zero attached hydrogens (tertiary/aromatic N) is 1. The highest BCUT2D eigenvalue weighted by Crippen LogP contribution is 2.32. The third kappa shape index (κ3) is 2.04. The molecule has 0 unspecified atom stereocenters. The number of rotatable bonds is 3. The molecule has 0 radical (unpaired) electrons. The molecule has 0 amide bonds. The molecule has 1 aromatic heterocycles. The fourth-order valence-electron chi connectivity index (χ4n) is 3.11. The van der Waals surface area contributed by atoms with Gasteiger partial charge in [0.15, 0.2) is 0 Å². The minimum absolute atomic E-state index is 0.973. The van der Waals surface area contributed by atoms with Crippen molar-refractivity contribution in [2.45, 2.75) is 46.6 Å². The molecule has 0 spiro atoms. The SMILES string of the molecule is CCNCc1c2c(nc3c(C)c(C)ccc13)CCC2. The van der Waals surface area contributed by atoms with Crippen molar-refractivity contribution < 1.29 is 0 Å². The zero-order valence-corrected chi connectivity index (χ0v) is 12.1. The molecule has 0 saturated heterocycles. The quantitative estimate of drug-likeness (QED) is 0.907. The van der Waals surface area contributed by atoms with Gasteiger partial charge < -0.3 is 5.32 Å². The molecule has 0 bridgehead atoms. The molecule has 1 N–H and O–H groups in total. The predicted molar refractivity (Wildman–Crippen MR) is 80.6 cm³/mol. The maximum absolute atomic E-state index is 4.96. The van der Waals surface area contributed by atoms with Gasteiger partial charge in [-0.25, -0.2) is 0 Å². The van der Waals surface area contributed by atoms with Crippen LogP contribution in [0.4, 0.5) is 0 Å². The van der Waals surface area contributed by atoms with E-state index in [1.54, 1.807) is 0 Å². The number of nitrogens with one attached hydrogen (secondary N) is 1. The van der Waals surface area contributed by atoms with E-state index in [2.05, 4.69) is 38.2 Å². The van der Waals surface area contributed by atoms with Gasteiger partial charge in [0.1, 0.15) is 0 Å². The number of aryl methyl sites for hydroxylation is 3. The molecule has 2 aromatic rings. The summed E-state index contributed by atoms with van der Waals surface area (Å²) in [5.74, 6) is 0. The Morgan fingerprint density at radius 1 is 1.21 bits per heavy atom. The number of hydrogen-bond acceptors (Lipinski definition) is 2. The molecular formula is C17H22N2. The average molecular weight is 254 g/mol. The lowest BCUT2D eigenvalue weighted by Gasteiger charge is -2.15. The van der Waals surface area contributed by atoms with E-state index >= 15 is 0 Å². The Labute approximate surface area is 115 Å². The van der Waals surface area contributed by atoms with Crippen molar-refractivity contribution in [3.8, 4) is 0 Å². The molecule has 1 aliphatic carbocycles. The van der Waals surface area contributed by atoms with Gasteiger partial charge in [-0.1, -0.05) is 19.1 Å². The van der Waals surface area contributed by atoms with E-state index in [1.807, 2.05) is 0 Å². The fraction of sp³-hybridized carbons (Fsp3) is 0.471. The van der Waals surface area contributed by atoms with Crippen LogP contribution in [0.5, 0.6) is 0 Å². The van der Waals surface area contributed by atoms with Crippen LogP contribution >= 0.6 is 0 Å². The highest BCUT2D eigenvalue weighted by Gasteiger charge is 2.20. The molecule has 0 aliphatic heterocycles. The van der Waals surface area contributed by atoms with Crippen LogP contribution < -0.4 is 5.32 Å². The number of aromatic nitrogens is 1. The van der Waals surface area contributed by atoms with E-state index in [-0.39, 0.29) is 0 Å². The molecule has 0 atom stereocenters. The van der Waals surface area contributed by atoms with E-state index in [9.17, 15) is 0 Å². The highest BCUT2D eigenvalue weighted by atomic mass is 14.8. The molecule has 1 aliphatic rings. The lowest BCUT2D eigenvalue weighted by atomic mass is 9.97. The summed E-state index contributed by atoms with van der Waals surface area (Å²) in [5.41, 5.74) is 8.24. The Kier molecular flexibility index (Phi) is 3.28. The van der Waals surface area contributed by atoms with E-state index in [0.29, 0.717) is 0 Å². The minimum Gasteiger partial charge on any atom is -0.313 e. The molecule has 2 nitrogen and oxygen atoms in total. The highest BCUT2D eigenvalue weighted by molar-refractivity contribution is 5.87. The van der Waals surface area contributed by atoms with Gasteiger partial charge in [0.25, 0.3) is 0 Å². The second kappa shape index (κ2) is 4.93. The van der Waals surface area contributed by atoms with Crippen molar-refractivity contribution in [3.63, 3.8) is 0 Å². The first-order valence-corrected chi connectivity index (χ1v) is 7.33. The van der Waals surface area contributed by atoms with Gasteiger partial charge in [-0.15, -0.1) is 0 Å². The van der Waals surface area contributed by atoms with Crippen molar-refractivity contribution >= 4 is 10.9 Å². The number of benzene rings is 1. The summed E-state index contributed by atoms with van der Waals surface area (Å²) < 4.78 is 0. The first-order chi connectivity index (χ1) is 9.22. The second-order valence-corrected chi connectivity index (χ2v) is 5.55. The van der Waals surface area contributed by atoms with Crippen LogP contribution in [-0.2, 0) is 19.4 Å². The fourth-order valence-corrected chi connectivity index (χ4v) is 3.11. The first-order valence-electron chi connectivity index (χ1n) is 7.33. The smallest absolute Gasteiger partial charge is 0.0740 e. The number of hydrogen-bond donors (Lipinski definition) is 1. The van der Waals surface area contributed by atoms with Crippen molar-refractivity contribution in [1.82, 2.24) is 10.3 Å². The second-order valence-electron chi connectivity index (χ2n) is 5.55. The van der Waals surface area contributed by atoms with Gasteiger partial charge in [0.05, 0.1) is 5.52 Å². The maximum Gasteiger partial charge on any atom is 0.0740 e. The monoisotopic (exact) mass is 254 g/mol. The summed E-state index contributed by atoms with van der Waals surface area (Å²) in [4.78, 5) is 4.96. The normalized spacial score (nSPS) is 14.1. The number of fused-ring (bicyclic) bond motifs is 2. The molecule has 19 heavy (non-hydrogen) atoms. The van der Waals surface area contributed by atoms with Crippen LogP contribution in [0.2, 0.25) is 0 Å². The van der Waals surface area contributed by atoms with Crippen molar-refractivity contribution in [2.75, 3.05) is 6.54 Å². The topological polar surface area (TPSA) is 24.9 Å². The summed E-state index contributed by atoms with van der Waals surface area (Å²) in [6.07, 6.45) is 3.61. The molecule has 0 fully saturated rings. The van der Waals surface area contributed by atoms with Crippen LogP contribution in [0.3, 0.4) is 0 Å². The molecule has 3 rings (SSSR count). The molecular weight excluding hydrogens is 232 g/mol. The number of pyridine rings is 1. The maximum atomic E-state index is 4.96. The van der Waals surface area contributed by atoms with Crippen LogP contribution in [0.1, 0.15) is 41.3 Å². The van der Waals surface area contributed by atoms with Gasteiger partial charge in [-0.05, 0) is 61.9 Å². The van der Waals surface area contributed by atoms with Gasteiger partial charge >= 0.3 is 0 Å². The Bertz CT molecular complexity index is 629. The van der Waals surface area contributed by atoms with Crippen LogP contribution in [-0.4, -0.2) is 11.5 Å². The largest absolute Gasteiger partial charge is 0.313 e. The standard InChI is InChI=1S/C17H22N2/c1-4-18-10-15-13-6-5-7-16(13)19-17-12(3)11(2)8-9-14(15)17/h8-9,18H,4-7,10H2,1-3H3. The van der Waals surface area contributed by atoms with Gasteiger partial charge in [-0.3, -0.25) is 4.98 Å². The Balaban J connectivity index is 2.27. The molecule has 2 heteroatoms. The van der Waals surface area contributed by atoms with E-state index < -0.39 is 0 Å². The van der Waals surface area contributed by atoms with E-state index in [0.717, 1.165) is 19.5 Å². The van der Waals surface area contributed by atoms with Crippen LogP contribution in [0, 0.1) is 13.8 Å². The van der Waals surface area contributed by atoms with Gasteiger partial charge in [0, 0.05) is 17.6 Å². The first kappa shape index (κ1) is 12.6. The Morgan fingerprint density at radius 2 is 2.05 bits per heavy atom. The zero-order valence-electron chi connectivity index (χ0n) is 12.1. The molecule has 0 saturated carbocycles. The Morgan fingerprint density at radius 3 is 2.84 bits per heavy atom. The third-order valence-electron chi connectivity index (χ3n) is 4.38. The van der Waals surface area contributed by atoms with Crippen molar-refractivity contribution in [2.24, 2.45) is 0 Å². The summed E-state index contributed by atoms with van der Waals surface area (Å²) in [6, 6.07) is 4.49. The van der Waals surface area contributed by atoms with Gasteiger partial charge in [-0.2, -0.15) is 0 Å². The molecule has 100 valence electrons. The lowest BCUT2D eigenvalue weighted by molar-refractivity contribution is 0.724. The third-order valence-corrected chi connectivity index (χ3v) is 4.38. The van der Waals surface area contributed by atoms with E-state index in [4.69, 9.17) is 4.98 Å². The summed E-state index contributed by atoms with van der Waals surface area (Å²) >= 11 is 0. The van der Waals surface area contributed by atoms with Crippen LogP contribution in [0.25, 0.3) is 10.9 Å². The summed E-state index contributed by atoms with van der Waals surface area (Å²) in [7, 11) is 0. The lowest BCUT2D eigenvalue weighted by Crippen LogP contribution is -2.14. The van der Waals surface area contributed by atoms with Crippen LogP contribution in [0.15, 0.2) is 12.1 Å². The zero-order chi connectivity index (χ0) is 13.4. The van der Waals surface area contributed by atoms with Gasteiger partial charge in [0.2, 0.25) is 0 Å². The average Bonchev–Trinajstić information content (AvgIpc) is 2.87. The van der Waals surface area contributed by atoms with Crippen molar-refractivity contribution in [1.29, 1.82) is 0 Å². The Hall–Kier alpha value is -1.41. The van der Waals surface area contributed by atoms with E-state index in [1.165, 1.54) is 51.7 Å². The minimum atomic E-state index is 0.973. The summed E-state index contributed by atoms with van der Waals surface area (Å²) in [6.45, 7) is 8.53. The molecule has 1 aromatic carbocycles. The predicted octanol–water partition coefficient (Wildman–Crippen LogP) is 3.45.